The average Bonchev–Trinajstić information content (AvgIpc) is 2.98. The molecule has 0 fully saturated rings. The molecule has 1 atom stereocenters. The number of benzene rings is 2. The van der Waals surface area contributed by atoms with Gasteiger partial charge in [0.05, 0.1) is 17.6 Å². The minimum atomic E-state index is 0.412. The van der Waals surface area contributed by atoms with Crippen molar-refractivity contribution in [1.82, 2.24) is 20.2 Å². The topological polar surface area (TPSA) is 54.2 Å². The SMILES string of the molecule is CN=C(NCc1nc2ccccc2n1C)NCC(C)c1ccccc1. The number of aryl methyl sites for hydroxylation is 1. The summed E-state index contributed by atoms with van der Waals surface area (Å²) in [6, 6.07) is 18.7. The summed E-state index contributed by atoms with van der Waals surface area (Å²) in [5.74, 6) is 2.19. The van der Waals surface area contributed by atoms with Crippen molar-refractivity contribution in [2.24, 2.45) is 12.0 Å². The van der Waals surface area contributed by atoms with Crippen molar-refractivity contribution in [3.05, 3.63) is 66.0 Å². The maximum atomic E-state index is 4.68. The summed E-state index contributed by atoms with van der Waals surface area (Å²) in [5.41, 5.74) is 3.48. The molecule has 3 rings (SSSR count). The van der Waals surface area contributed by atoms with Crippen LogP contribution in [-0.4, -0.2) is 29.1 Å². The predicted molar refractivity (Wildman–Crippen MR) is 104 cm³/mol. The molecule has 130 valence electrons. The highest BCUT2D eigenvalue weighted by Crippen LogP contribution is 2.14. The number of fused-ring (bicyclic) bond motifs is 1. The van der Waals surface area contributed by atoms with Crippen molar-refractivity contribution in [2.45, 2.75) is 19.4 Å². The van der Waals surface area contributed by atoms with E-state index in [1.165, 1.54) is 5.56 Å². The largest absolute Gasteiger partial charge is 0.356 e. The molecule has 2 N–H and O–H groups in total. The third-order valence-electron chi connectivity index (χ3n) is 4.46. The van der Waals surface area contributed by atoms with E-state index in [9.17, 15) is 0 Å². The summed E-state index contributed by atoms with van der Waals surface area (Å²) in [6.07, 6.45) is 0. The lowest BCUT2D eigenvalue weighted by Crippen LogP contribution is -2.39. The number of guanidine groups is 1. The van der Waals surface area contributed by atoms with E-state index in [0.29, 0.717) is 12.5 Å². The van der Waals surface area contributed by atoms with Crippen LogP contribution in [0.25, 0.3) is 11.0 Å². The van der Waals surface area contributed by atoms with Crippen LogP contribution >= 0.6 is 0 Å². The number of imidazole rings is 1. The Morgan fingerprint density at radius 3 is 2.52 bits per heavy atom. The summed E-state index contributed by atoms with van der Waals surface area (Å²) in [7, 11) is 3.83. The van der Waals surface area contributed by atoms with Gasteiger partial charge >= 0.3 is 0 Å². The van der Waals surface area contributed by atoms with E-state index in [2.05, 4.69) is 62.4 Å². The van der Waals surface area contributed by atoms with Gasteiger partial charge in [-0.25, -0.2) is 4.98 Å². The van der Waals surface area contributed by atoms with Crippen LogP contribution in [-0.2, 0) is 13.6 Å². The van der Waals surface area contributed by atoms with Crippen LogP contribution in [0, 0.1) is 0 Å². The Morgan fingerprint density at radius 1 is 1.08 bits per heavy atom. The van der Waals surface area contributed by atoms with Gasteiger partial charge in [0.15, 0.2) is 5.96 Å². The molecule has 3 aromatic rings. The maximum absolute atomic E-state index is 4.68. The standard InChI is InChI=1S/C20H25N5/c1-15(16-9-5-4-6-10-16)13-22-20(21-2)23-14-19-24-17-11-7-8-12-18(17)25(19)3/h4-12,15H,13-14H2,1-3H3,(H2,21,22,23). The zero-order chi connectivity index (χ0) is 17.6. The molecule has 0 saturated heterocycles. The van der Waals surface area contributed by atoms with Gasteiger partial charge in [-0.15, -0.1) is 0 Å². The van der Waals surface area contributed by atoms with Crippen molar-refractivity contribution in [3.8, 4) is 0 Å². The number of rotatable bonds is 5. The summed E-state index contributed by atoms with van der Waals surface area (Å²) in [4.78, 5) is 8.99. The lowest BCUT2D eigenvalue weighted by atomic mass is 10.0. The van der Waals surface area contributed by atoms with Crippen LogP contribution in [0.3, 0.4) is 0 Å². The third kappa shape index (κ3) is 3.99. The number of nitrogens with zero attached hydrogens (tertiary/aromatic N) is 3. The fraction of sp³-hybridized carbons (Fsp3) is 0.300. The van der Waals surface area contributed by atoms with E-state index >= 15 is 0 Å². The Morgan fingerprint density at radius 2 is 1.80 bits per heavy atom. The summed E-state index contributed by atoms with van der Waals surface area (Å²) < 4.78 is 2.11. The Kier molecular flexibility index (Phi) is 5.33. The number of aromatic nitrogens is 2. The minimum absolute atomic E-state index is 0.412. The van der Waals surface area contributed by atoms with Crippen LogP contribution in [0.2, 0.25) is 0 Å². The zero-order valence-corrected chi connectivity index (χ0v) is 15.0. The molecule has 1 aromatic heterocycles. The molecule has 0 aliphatic heterocycles. The summed E-state index contributed by atoms with van der Waals surface area (Å²) >= 11 is 0. The van der Waals surface area contributed by atoms with E-state index in [4.69, 9.17) is 0 Å². The Labute approximate surface area is 148 Å². The molecular weight excluding hydrogens is 310 g/mol. The number of hydrogen-bond acceptors (Lipinski definition) is 2. The number of para-hydroxylation sites is 2. The molecule has 1 unspecified atom stereocenters. The second-order valence-electron chi connectivity index (χ2n) is 6.19. The highest BCUT2D eigenvalue weighted by Gasteiger charge is 2.09. The Hall–Kier alpha value is -2.82. The van der Waals surface area contributed by atoms with Gasteiger partial charge in [0.25, 0.3) is 0 Å². The lowest BCUT2D eigenvalue weighted by molar-refractivity contribution is 0.687. The summed E-state index contributed by atoms with van der Waals surface area (Å²) in [5, 5.41) is 6.74. The fourth-order valence-corrected chi connectivity index (χ4v) is 2.89. The molecule has 1 heterocycles. The fourth-order valence-electron chi connectivity index (χ4n) is 2.89. The van der Waals surface area contributed by atoms with E-state index < -0.39 is 0 Å². The number of nitrogens with one attached hydrogen (secondary N) is 2. The maximum Gasteiger partial charge on any atom is 0.191 e. The average molecular weight is 335 g/mol. The number of hydrogen-bond donors (Lipinski definition) is 2. The molecule has 0 spiro atoms. The van der Waals surface area contributed by atoms with Gasteiger partial charge in [0.1, 0.15) is 5.82 Å². The molecule has 0 amide bonds. The zero-order valence-electron chi connectivity index (χ0n) is 15.0. The van der Waals surface area contributed by atoms with Crippen LogP contribution in [0.4, 0.5) is 0 Å². The third-order valence-corrected chi connectivity index (χ3v) is 4.46. The predicted octanol–water partition coefficient (Wildman–Crippen LogP) is 3.04. The Balaban J connectivity index is 1.58. The molecule has 0 bridgehead atoms. The second-order valence-corrected chi connectivity index (χ2v) is 6.19. The molecule has 0 radical (unpaired) electrons. The molecule has 5 nitrogen and oxygen atoms in total. The van der Waals surface area contributed by atoms with Gasteiger partial charge in [-0.05, 0) is 23.6 Å². The van der Waals surface area contributed by atoms with Crippen LogP contribution < -0.4 is 10.6 Å². The van der Waals surface area contributed by atoms with E-state index in [0.717, 1.165) is 29.4 Å². The molecule has 0 aliphatic rings. The van der Waals surface area contributed by atoms with Gasteiger partial charge in [0, 0.05) is 20.6 Å². The normalized spacial score (nSPS) is 13.0. The molecule has 0 aliphatic carbocycles. The van der Waals surface area contributed by atoms with Crippen LogP contribution in [0.15, 0.2) is 59.6 Å². The van der Waals surface area contributed by atoms with Gasteiger partial charge in [0.2, 0.25) is 0 Å². The molecule has 0 saturated carbocycles. The monoisotopic (exact) mass is 335 g/mol. The van der Waals surface area contributed by atoms with E-state index in [1.807, 2.05) is 31.3 Å². The molecule has 5 heteroatoms. The highest BCUT2D eigenvalue weighted by molar-refractivity contribution is 5.80. The molecule has 2 aromatic carbocycles. The first kappa shape index (κ1) is 17.0. The lowest BCUT2D eigenvalue weighted by Gasteiger charge is -2.16. The molecular formula is C20H25N5. The first-order valence-corrected chi connectivity index (χ1v) is 8.59. The first-order chi connectivity index (χ1) is 12.2. The van der Waals surface area contributed by atoms with Crippen LogP contribution in [0.1, 0.15) is 24.2 Å². The van der Waals surface area contributed by atoms with Gasteiger partial charge < -0.3 is 15.2 Å². The van der Waals surface area contributed by atoms with Crippen LogP contribution in [0.5, 0.6) is 0 Å². The van der Waals surface area contributed by atoms with Gasteiger partial charge in [-0.1, -0.05) is 49.4 Å². The molecule has 25 heavy (non-hydrogen) atoms. The number of aliphatic imine (C=N–C) groups is 1. The minimum Gasteiger partial charge on any atom is -0.356 e. The van der Waals surface area contributed by atoms with Gasteiger partial charge in [-0.3, -0.25) is 4.99 Å². The van der Waals surface area contributed by atoms with Crippen molar-refractivity contribution in [3.63, 3.8) is 0 Å². The van der Waals surface area contributed by atoms with Crippen molar-refractivity contribution in [1.29, 1.82) is 0 Å². The second kappa shape index (κ2) is 7.83. The van der Waals surface area contributed by atoms with Crippen molar-refractivity contribution >= 4 is 17.0 Å². The highest BCUT2D eigenvalue weighted by atomic mass is 15.2. The summed E-state index contributed by atoms with van der Waals surface area (Å²) in [6.45, 7) is 3.66. The van der Waals surface area contributed by atoms with Crippen molar-refractivity contribution < 1.29 is 0 Å². The smallest absolute Gasteiger partial charge is 0.191 e. The van der Waals surface area contributed by atoms with Crippen molar-refractivity contribution in [2.75, 3.05) is 13.6 Å². The van der Waals surface area contributed by atoms with E-state index in [1.54, 1.807) is 7.05 Å². The van der Waals surface area contributed by atoms with Gasteiger partial charge in [-0.2, -0.15) is 0 Å². The Bertz CT molecular complexity index is 851. The quantitative estimate of drug-likeness (QED) is 0.557. The van der Waals surface area contributed by atoms with E-state index in [-0.39, 0.29) is 0 Å². The first-order valence-electron chi connectivity index (χ1n) is 8.59.